The van der Waals surface area contributed by atoms with E-state index >= 15 is 0 Å². The van der Waals surface area contributed by atoms with Crippen LogP contribution in [0.3, 0.4) is 0 Å². The Morgan fingerprint density at radius 2 is 2.12 bits per heavy atom. The number of nitrogens with zero attached hydrogens (tertiary/aromatic N) is 4. The molecule has 1 aliphatic rings. The summed E-state index contributed by atoms with van der Waals surface area (Å²) < 4.78 is 6.59. The summed E-state index contributed by atoms with van der Waals surface area (Å²) in [5, 5.41) is 8.61. The highest BCUT2D eigenvalue weighted by molar-refractivity contribution is 9.10. The molecule has 1 fully saturated rings. The fourth-order valence-electron chi connectivity index (χ4n) is 3.08. The van der Waals surface area contributed by atoms with E-state index in [4.69, 9.17) is 4.52 Å². The van der Waals surface area contributed by atoms with Crippen molar-refractivity contribution in [2.75, 3.05) is 26.7 Å². The predicted molar refractivity (Wildman–Crippen MR) is 103 cm³/mol. The Kier molecular flexibility index (Phi) is 5.38. The minimum absolute atomic E-state index is 0. The van der Waals surface area contributed by atoms with Crippen molar-refractivity contribution in [3.63, 3.8) is 0 Å². The van der Waals surface area contributed by atoms with Gasteiger partial charge in [-0.3, -0.25) is 9.88 Å². The predicted octanol–water partition coefficient (Wildman–Crippen LogP) is 3.35. The molecule has 4 rings (SSSR count). The van der Waals surface area contributed by atoms with Gasteiger partial charge >= 0.3 is 0 Å². The van der Waals surface area contributed by atoms with Gasteiger partial charge in [-0.25, -0.2) is 0 Å². The van der Waals surface area contributed by atoms with Crippen molar-refractivity contribution < 1.29 is 4.52 Å². The molecule has 3 heterocycles. The lowest BCUT2D eigenvalue weighted by atomic mass is 10.1. The van der Waals surface area contributed by atoms with Gasteiger partial charge in [0.25, 0.3) is 5.89 Å². The zero-order valence-electron chi connectivity index (χ0n) is 14.0. The van der Waals surface area contributed by atoms with Gasteiger partial charge < -0.3 is 9.84 Å². The van der Waals surface area contributed by atoms with Gasteiger partial charge in [-0.1, -0.05) is 21.1 Å². The van der Waals surface area contributed by atoms with Crippen molar-refractivity contribution in [1.29, 1.82) is 0 Å². The lowest BCUT2D eigenvalue weighted by molar-refractivity contribution is 0.190. The maximum absolute atomic E-state index is 5.60. The molecule has 6 nitrogen and oxygen atoms in total. The number of aryl methyl sites for hydroxylation is 1. The second kappa shape index (κ2) is 7.37. The van der Waals surface area contributed by atoms with E-state index in [0.717, 1.165) is 52.1 Å². The summed E-state index contributed by atoms with van der Waals surface area (Å²) >= 11 is 3.52. The molecule has 0 spiro atoms. The van der Waals surface area contributed by atoms with E-state index in [0.29, 0.717) is 5.89 Å². The van der Waals surface area contributed by atoms with Crippen LogP contribution in [0.15, 0.2) is 33.3 Å². The monoisotopic (exact) mass is 423 g/mol. The molecule has 1 atom stereocenters. The average molecular weight is 425 g/mol. The minimum atomic E-state index is 0. The summed E-state index contributed by atoms with van der Waals surface area (Å²) in [6.45, 7) is 4.76. The van der Waals surface area contributed by atoms with Gasteiger partial charge in [-0.15, -0.1) is 12.4 Å². The first-order chi connectivity index (χ1) is 11.6. The van der Waals surface area contributed by atoms with E-state index in [1.807, 2.05) is 31.2 Å². The molecular formula is C17H19BrClN5O. The third kappa shape index (κ3) is 3.55. The number of piperazine rings is 1. The van der Waals surface area contributed by atoms with Crippen LogP contribution in [-0.2, 0) is 0 Å². The number of rotatable bonds is 2. The van der Waals surface area contributed by atoms with E-state index in [1.165, 1.54) is 0 Å². The van der Waals surface area contributed by atoms with E-state index < -0.39 is 0 Å². The smallest absolute Gasteiger partial charge is 0.258 e. The van der Waals surface area contributed by atoms with Gasteiger partial charge in [-0.2, -0.15) is 4.98 Å². The number of aromatic nitrogens is 3. The fourth-order valence-corrected chi connectivity index (χ4v) is 3.44. The summed E-state index contributed by atoms with van der Waals surface area (Å²) in [5.41, 5.74) is 2.77. The maximum atomic E-state index is 5.60. The number of likely N-dealkylation sites (N-methyl/N-ethyl adjacent to an activating group) is 1. The number of halogens is 2. The van der Waals surface area contributed by atoms with Crippen molar-refractivity contribution in [1.82, 2.24) is 25.3 Å². The summed E-state index contributed by atoms with van der Waals surface area (Å²) in [7, 11) is 2.09. The Bertz CT molecular complexity index is 900. The molecular weight excluding hydrogens is 406 g/mol. The molecule has 0 radical (unpaired) electrons. The third-order valence-electron chi connectivity index (χ3n) is 4.38. The quantitative estimate of drug-likeness (QED) is 0.680. The fraction of sp³-hybridized carbons (Fsp3) is 0.353. The van der Waals surface area contributed by atoms with Crippen LogP contribution in [0.4, 0.5) is 0 Å². The number of fused-ring (bicyclic) bond motifs is 1. The number of hydrogen-bond donors (Lipinski definition) is 1. The van der Waals surface area contributed by atoms with Crippen LogP contribution >= 0.6 is 28.3 Å². The molecule has 0 amide bonds. The van der Waals surface area contributed by atoms with Crippen molar-refractivity contribution in [3.8, 4) is 11.5 Å². The first kappa shape index (κ1) is 18.3. The first-order valence-corrected chi connectivity index (χ1v) is 8.73. The maximum Gasteiger partial charge on any atom is 0.258 e. The Morgan fingerprint density at radius 1 is 1.28 bits per heavy atom. The molecule has 1 aromatic carbocycles. The normalized spacial score (nSPS) is 18.3. The Balaban J connectivity index is 0.00000182. The molecule has 0 bridgehead atoms. The highest BCUT2D eigenvalue weighted by Gasteiger charge is 2.26. The van der Waals surface area contributed by atoms with E-state index in [-0.39, 0.29) is 18.4 Å². The van der Waals surface area contributed by atoms with Crippen LogP contribution in [0.5, 0.6) is 0 Å². The van der Waals surface area contributed by atoms with Crippen molar-refractivity contribution in [2.24, 2.45) is 0 Å². The van der Waals surface area contributed by atoms with Gasteiger partial charge in [0.05, 0.1) is 17.1 Å². The van der Waals surface area contributed by atoms with Gasteiger partial charge in [0.1, 0.15) is 0 Å². The second-order valence-corrected chi connectivity index (χ2v) is 7.05. The number of nitrogens with one attached hydrogen (secondary N) is 1. The molecule has 8 heteroatoms. The first-order valence-electron chi connectivity index (χ1n) is 7.93. The van der Waals surface area contributed by atoms with E-state index in [9.17, 15) is 0 Å². The molecule has 1 unspecified atom stereocenters. The molecule has 3 aromatic rings. The molecule has 2 aromatic heterocycles. The van der Waals surface area contributed by atoms with Crippen LogP contribution in [0.2, 0.25) is 0 Å². The zero-order valence-corrected chi connectivity index (χ0v) is 16.4. The summed E-state index contributed by atoms with van der Waals surface area (Å²) in [4.78, 5) is 11.5. The summed E-state index contributed by atoms with van der Waals surface area (Å²) in [5.74, 6) is 1.26. The van der Waals surface area contributed by atoms with Gasteiger partial charge in [-0.05, 0) is 38.2 Å². The number of benzene rings is 1. The van der Waals surface area contributed by atoms with Crippen molar-refractivity contribution in [2.45, 2.75) is 13.0 Å². The standard InChI is InChI=1S/C17H18BrN5O.ClH/c1-10-7-13(12-8-11(18)3-4-14(12)20-10)17-21-16(22-24-17)15-9-19-5-6-23(15)2;/h3-4,7-8,15,19H,5-6,9H2,1-2H3;1H. The Labute approximate surface area is 160 Å². The van der Waals surface area contributed by atoms with Gasteiger partial charge in [0, 0.05) is 35.2 Å². The number of pyridine rings is 1. The van der Waals surface area contributed by atoms with Gasteiger partial charge in [0.2, 0.25) is 0 Å². The van der Waals surface area contributed by atoms with E-state index in [1.54, 1.807) is 0 Å². The van der Waals surface area contributed by atoms with Crippen LogP contribution in [0.25, 0.3) is 22.4 Å². The molecule has 1 N–H and O–H groups in total. The number of hydrogen-bond acceptors (Lipinski definition) is 6. The van der Waals surface area contributed by atoms with Crippen LogP contribution in [0.1, 0.15) is 17.6 Å². The molecule has 1 aliphatic heterocycles. The van der Waals surface area contributed by atoms with Crippen LogP contribution < -0.4 is 5.32 Å². The average Bonchev–Trinajstić information content (AvgIpc) is 3.04. The minimum Gasteiger partial charge on any atom is -0.334 e. The second-order valence-electron chi connectivity index (χ2n) is 6.13. The highest BCUT2D eigenvalue weighted by Crippen LogP contribution is 2.30. The Morgan fingerprint density at radius 3 is 2.92 bits per heavy atom. The largest absolute Gasteiger partial charge is 0.334 e. The van der Waals surface area contributed by atoms with E-state index in [2.05, 4.69) is 48.3 Å². The lowest BCUT2D eigenvalue weighted by Gasteiger charge is -2.30. The molecule has 0 aliphatic carbocycles. The van der Waals surface area contributed by atoms with Crippen LogP contribution in [-0.4, -0.2) is 46.7 Å². The van der Waals surface area contributed by atoms with Gasteiger partial charge in [0.15, 0.2) is 5.82 Å². The Hall–Kier alpha value is -1.54. The topological polar surface area (TPSA) is 67.1 Å². The molecule has 0 saturated carbocycles. The van der Waals surface area contributed by atoms with Crippen molar-refractivity contribution in [3.05, 3.63) is 40.3 Å². The molecule has 132 valence electrons. The highest BCUT2D eigenvalue weighted by atomic mass is 79.9. The molecule has 1 saturated heterocycles. The third-order valence-corrected chi connectivity index (χ3v) is 4.87. The lowest BCUT2D eigenvalue weighted by Crippen LogP contribution is -2.44. The van der Waals surface area contributed by atoms with Crippen molar-refractivity contribution >= 4 is 39.2 Å². The summed E-state index contributed by atoms with van der Waals surface area (Å²) in [6.07, 6.45) is 0. The molecule has 25 heavy (non-hydrogen) atoms. The summed E-state index contributed by atoms with van der Waals surface area (Å²) in [6, 6.07) is 8.15. The van der Waals surface area contributed by atoms with Crippen LogP contribution in [0, 0.1) is 6.92 Å². The SMILES string of the molecule is Cc1cc(-c2nc(C3CNCCN3C)no2)c2cc(Br)ccc2n1.Cl. The zero-order chi connectivity index (χ0) is 16.7.